The second kappa shape index (κ2) is 8.13. The standard InChI is InChI=1S/C19H19FN6O3/c20-14-3-5-15(6-4-14)24-7-9-25(10-8-24)19-17(26(27)28)18(22-13-23-19)21-12-16-2-1-11-29-16/h1-6,11,13H,7-10,12H2,(H,21,22,23). The van der Waals surface area contributed by atoms with Crippen molar-refractivity contribution < 1.29 is 13.7 Å². The van der Waals surface area contributed by atoms with Crippen LogP contribution in [-0.2, 0) is 6.54 Å². The van der Waals surface area contributed by atoms with Gasteiger partial charge in [0.2, 0.25) is 11.6 Å². The highest BCUT2D eigenvalue weighted by molar-refractivity contribution is 5.70. The molecule has 10 heteroatoms. The van der Waals surface area contributed by atoms with Crippen molar-refractivity contribution in [3.63, 3.8) is 0 Å². The number of aromatic nitrogens is 2. The van der Waals surface area contributed by atoms with Crippen molar-refractivity contribution in [1.29, 1.82) is 0 Å². The monoisotopic (exact) mass is 398 g/mol. The summed E-state index contributed by atoms with van der Waals surface area (Å²) in [5, 5.41) is 14.7. The summed E-state index contributed by atoms with van der Waals surface area (Å²) in [6.07, 6.45) is 2.86. The third-order valence-electron chi connectivity index (χ3n) is 4.77. The van der Waals surface area contributed by atoms with Gasteiger partial charge in [0, 0.05) is 31.9 Å². The van der Waals surface area contributed by atoms with Gasteiger partial charge in [-0.3, -0.25) is 10.1 Å². The number of anilines is 3. The lowest BCUT2D eigenvalue weighted by Crippen LogP contribution is -2.47. The molecule has 0 radical (unpaired) electrons. The summed E-state index contributed by atoms with van der Waals surface area (Å²) >= 11 is 0. The predicted molar refractivity (Wildman–Crippen MR) is 106 cm³/mol. The third-order valence-corrected chi connectivity index (χ3v) is 4.77. The fourth-order valence-electron chi connectivity index (χ4n) is 3.31. The molecule has 0 atom stereocenters. The lowest BCUT2D eigenvalue weighted by Gasteiger charge is -2.36. The van der Waals surface area contributed by atoms with E-state index < -0.39 is 4.92 Å². The molecule has 1 N–H and O–H groups in total. The molecule has 29 heavy (non-hydrogen) atoms. The average Bonchev–Trinajstić information content (AvgIpc) is 3.26. The first-order valence-electron chi connectivity index (χ1n) is 9.13. The highest BCUT2D eigenvalue weighted by Gasteiger charge is 2.29. The first-order valence-corrected chi connectivity index (χ1v) is 9.13. The van der Waals surface area contributed by atoms with Crippen LogP contribution in [0.2, 0.25) is 0 Å². The number of nitrogens with zero attached hydrogens (tertiary/aromatic N) is 5. The maximum Gasteiger partial charge on any atom is 0.353 e. The summed E-state index contributed by atoms with van der Waals surface area (Å²) in [5.74, 6) is 0.800. The minimum atomic E-state index is -0.466. The van der Waals surface area contributed by atoms with Gasteiger partial charge in [-0.05, 0) is 36.4 Å². The Bertz CT molecular complexity index is 972. The van der Waals surface area contributed by atoms with E-state index in [0.29, 0.717) is 31.9 Å². The van der Waals surface area contributed by atoms with Crippen molar-refractivity contribution >= 4 is 23.0 Å². The van der Waals surface area contributed by atoms with E-state index in [9.17, 15) is 14.5 Å². The Morgan fingerprint density at radius 3 is 2.48 bits per heavy atom. The molecule has 0 saturated carbocycles. The van der Waals surface area contributed by atoms with Crippen molar-refractivity contribution in [2.24, 2.45) is 0 Å². The first-order chi connectivity index (χ1) is 14.1. The summed E-state index contributed by atoms with van der Waals surface area (Å²) in [6.45, 7) is 2.66. The van der Waals surface area contributed by atoms with E-state index in [4.69, 9.17) is 4.42 Å². The van der Waals surface area contributed by atoms with E-state index in [-0.39, 0.29) is 29.7 Å². The fourth-order valence-corrected chi connectivity index (χ4v) is 3.31. The van der Waals surface area contributed by atoms with Crippen LogP contribution in [0.4, 0.5) is 27.4 Å². The number of piperazine rings is 1. The smallest absolute Gasteiger partial charge is 0.353 e. The summed E-state index contributed by atoms with van der Waals surface area (Å²) < 4.78 is 18.4. The molecule has 1 aliphatic heterocycles. The molecule has 0 amide bonds. The molecule has 4 rings (SSSR count). The third kappa shape index (κ3) is 4.10. The van der Waals surface area contributed by atoms with Crippen molar-refractivity contribution in [2.45, 2.75) is 6.54 Å². The van der Waals surface area contributed by atoms with Crippen LogP contribution in [0.15, 0.2) is 53.4 Å². The average molecular weight is 398 g/mol. The number of hydrogen-bond acceptors (Lipinski definition) is 8. The molecule has 0 bridgehead atoms. The molecule has 1 aromatic carbocycles. The topological polar surface area (TPSA) is 101 Å². The second-order valence-electron chi connectivity index (χ2n) is 6.54. The van der Waals surface area contributed by atoms with Crippen LogP contribution >= 0.6 is 0 Å². The Balaban J connectivity index is 1.50. The van der Waals surface area contributed by atoms with Gasteiger partial charge in [0.1, 0.15) is 17.9 Å². The second-order valence-corrected chi connectivity index (χ2v) is 6.54. The number of hydrogen-bond donors (Lipinski definition) is 1. The molecular formula is C19H19FN6O3. The number of rotatable bonds is 6. The Labute approximate surface area is 165 Å². The maximum absolute atomic E-state index is 13.1. The summed E-state index contributed by atoms with van der Waals surface area (Å²) in [4.78, 5) is 23.5. The Kier molecular flexibility index (Phi) is 5.23. The van der Waals surface area contributed by atoms with Gasteiger partial charge in [0.15, 0.2) is 0 Å². The van der Waals surface area contributed by atoms with E-state index in [1.54, 1.807) is 24.3 Å². The highest BCUT2D eigenvalue weighted by atomic mass is 19.1. The molecule has 3 heterocycles. The van der Waals surface area contributed by atoms with Gasteiger partial charge in [0.25, 0.3) is 0 Å². The number of furan rings is 1. The molecule has 3 aromatic rings. The lowest BCUT2D eigenvalue weighted by molar-refractivity contribution is -0.383. The minimum absolute atomic E-state index is 0.150. The molecule has 2 aromatic heterocycles. The molecule has 0 spiro atoms. The van der Waals surface area contributed by atoms with Crippen LogP contribution in [-0.4, -0.2) is 41.1 Å². The summed E-state index contributed by atoms with van der Waals surface area (Å²) in [5.41, 5.74) is 0.762. The summed E-state index contributed by atoms with van der Waals surface area (Å²) in [6, 6.07) is 9.83. The van der Waals surface area contributed by atoms with Gasteiger partial charge in [0.05, 0.1) is 17.7 Å². The van der Waals surface area contributed by atoms with Crippen molar-refractivity contribution in [3.05, 3.63) is 70.7 Å². The van der Waals surface area contributed by atoms with Crippen LogP contribution in [0.3, 0.4) is 0 Å². The first kappa shape index (κ1) is 18.7. The van der Waals surface area contributed by atoms with Crippen molar-refractivity contribution in [3.8, 4) is 0 Å². The van der Waals surface area contributed by atoms with Crippen molar-refractivity contribution in [2.75, 3.05) is 41.3 Å². The van der Waals surface area contributed by atoms with Crippen LogP contribution in [0, 0.1) is 15.9 Å². The largest absolute Gasteiger partial charge is 0.467 e. The molecule has 1 fully saturated rings. The molecule has 0 unspecified atom stereocenters. The van der Waals surface area contributed by atoms with Gasteiger partial charge >= 0.3 is 5.69 Å². The predicted octanol–water partition coefficient (Wildman–Crippen LogP) is 3.06. The van der Waals surface area contributed by atoms with Crippen LogP contribution in [0.5, 0.6) is 0 Å². The Morgan fingerprint density at radius 1 is 1.10 bits per heavy atom. The van der Waals surface area contributed by atoms with Crippen LogP contribution < -0.4 is 15.1 Å². The summed E-state index contributed by atoms with van der Waals surface area (Å²) in [7, 11) is 0. The fraction of sp³-hybridized carbons (Fsp3) is 0.263. The maximum atomic E-state index is 13.1. The molecule has 0 aliphatic carbocycles. The Morgan fingerprint density at radius 2 is 1.83 bits per heavy atom. The highest BCUT2D eigenvalue weighted by Crippen LogP contribution is 2.33. The number of nitro groups is 1. The molecule has 1 aliphatic rings. The zero-order valence-corrected chi connectivity index (χ0v) is 15.5. The molecule has 150 valence electrons. The Hall–Kier alpha value is -3.69. The van der Waals surface area contributed by atoms with E-state index >= 15 is 0 Å². The van der Waals surface area contributed by atoms with Gasteiger partial charge in [-0.2, -0.15) is 0 Å². The molecule has 1 saturated heterocycles. The quantitative estimate of drug-likeness (QED) is 0.499. The van der Waals surface area contributed by atoms with Crippen molar-refractivity contribution in [1.82, 2.24) is 9.97 Å². The lowest BCUT2D eigenvalue weighted by atomic mass is 10.2. The van der Waals surface area contributed by atoms with Crippen LogP contribution in [0.1, 0.15) is 5.76 Å². The van der Waals surface area contributed by atoms with Gasteiger partial charge in [-0.25, -0.2) is 14.4 Å². The zero-order valence-electron chi connectivity index (χ0n) is 15.5. The molecule has 9 nitrogen and oxygen atoms in total. The van der Waals surface area contributed by atoms with E-state index in [0.717, 1.165) is 5.69 Å². The van der Waals surface area contributed by atoms with Gasteiger partial charge < -0.3 is 19.5 Å². The zero-order chi connectivity index (χ0) is 20.2. The number of nitrogens with one attached hydrogen (secondary N) is 1. The van der Waals surface area contributed by atoms with E-state index in [2.05, 4.69) is 20.2 Å². The van der Waals surface area contributed by atoms with E-state index in [1.807, 2.05) is 4.90 Å². The normalized spacial score (nSPS) is 14.1. The number of halogens is 1. The SMILES string of the molecule is O=[N+]([O-])c1c(NCc2ccco2)ncnc1N1CCN(c2ccc(F)cc2)CC1. The van der Waals surface area contributed by atoms with Gasteiger partial charge in [-0.15, -0.1) is 0 Å². The van der Waals surface area contributed by atoms with E-state index in [1.165, 1.54) is 24.7 Å². The number of benzene rings is 1. The van der Waals surface area contributed by atoms with Gasteiger partial charge in [-0.1, -0.05) is 0 Å². The minimum Gasteiger partial charge on any atom is -0.467 e. The molecular weight excluding hydrogens is 379 g/mol. The van der Waals surface area contributed by atoms with Crippen LogP contribution in [0.25, 0.3) is 0 Å².